The summed E-state index contributed by atoms with van der Waals surface area (Å²) in [6, 6.07) is 3.10. The number of hydrogen-bond acceptors (Lipinski definition) is 3. The monoisotopic (exact) mass is 178 g/mol. The minimum atomic E-state index is 0.104. The second-order valence-electron chi connectivity index (χ2n) is 3.11. The van der Waals surface area contributed by atoms with Gasteiger partial charge in [-0.3, -0.25) is 4.79 Å². The fourth-order valence-corrected chi connectivity index (χ4v) is 1.70. The van der Waals surface area contributed by atoms with E-state index in [1.165, 1.54) is 13.2 Å². The van der Waals surface area contributed by atoms with Gasteiger partial charge in [-0.15, -0.1) is 0 Å². The lowest BCUT2D eigenvalue weighted by atomic mass is 10.1. The van der Waals surface area contributed by atoms with Crippen LogP contribution in [0.15, 0.2) is 12.1 Å². The van der Waals surface area contributed by atoms with E-state index in [2.05, 4.69) is 0 Å². The molecule has 0 aliphatic heterocycles. The van der Waals surface area contributed by atoms with Crippen LogP contribution in [0.25, 0.3) is 0 Å². The summed E-state index contributed by atoms with van der Waals surface area (Å²) in [4.78, 5) is 11.4. The third-order valence-electron chi connectivity index (χ3n) is 2.29. The maximum Gasteiger partial charge on any atom is 0.167 e. The van der Waals surface area contributed by atoms with Crippen molar-refractivity contribution in [3.8, 4) is 11.5 Å². The van der Waals surface area contributed by atoms with Crippen LogP contribution in [-0.4, -0.2) is 18.0 Å². The molecule has 0 spiro atoms. The first-order valence-electron chi connectivity index (χ1n) is 4.15. The first-order chi connectivity index (χ1) is 6.22. The summed E-state index contributed by atoms with van der Waals surface area (Å²) in [5.74, 6) is 0.745. The molecule has 3 nitrogen and oxygen atoms in total. The van der Waals surface area contributed by atoms with Crippen LogP contribution in [0, 0.1) is 0 Å². The smallest absolute Gasteiger partial charge is 0.167 e. The zero-order chi connectivity index (χ0) is 9.42. The predicted molar refractivity (Wildman–Crippen MR) is 47.3 cm³/mol. The Balaban J connectivity index is 2.64. The Kier molecular flexibility index (Phi) is 1.72. The van der Waals surface area contributed by atoms with Gasteiger partial charge in [-0.05, 0) is 18.1 Å². The minimum absolute atomic E-state index is 0.104. The number of ether oxygens (including phenoxy) is 1. The first kappa shape index (κ1) is 8.10. The minimum Gasteiger partial charge on any atom is -0.508 e. The molecule has 0 amide bonds. The quantitative estimate of drug-likeness (QED) is 0.709. The molecule has 0 saturated carbocycles. The maximum absolute atomic E-state index is 11.4. The molecule has 0 heterocycles. The van der Waals surface area contributed by atoms with Gasteiger partial charge in [0.1, 0.15) is 11.5 Å². The van der Waals surface area contributed by atoms with Crippen molar-refractivity contribution in [1.29, 1.82) is 0 Å². The van der Waals surface area contributed by atoms with Gasteiger partial charge in [0.25, 0.3) is 0 Å². The summed E-state index contributed by atoms with van der Waals surface area (Å²) < 4.78 is 5.03. The normalized spacial score (nSPS) is 14.4. The Labute approximate surface area is 76.0 Å². The highest BCUT2D eigenvalue weighted by Crippen LogP contribution is 2.34. The second-order valence-corrected chi connectivity index (χ2v) is 3.11. The third-order valence-corrected chi connectivity index (χ3v) is 2.29. The van der Waals surface area contributed by atoms with E-state index in [0.717, 1.165) is 5.56 Å². The van der Waals surface area contributed by atoms with Crippen LogP contribution in [-0.2, 0) is 6.42 Å². The van der Waals surface area contributed by atoms with E-state index < -0.39 is 0 Å². The van der Waals surface area contributed by atoms with Gasteiger partial charge in [0.05, 0.1) is 12.7 Å². The van der Waals surface area contributed by atoms with Crippen molar-refractivity contribution in [2.45, 2.75) is 12.8 Å². The molecule has 1 aromatic rings. The number of methoxy groups -OCH3 is 1. The molecular weight excluding hydrogens is 168 g/mol. The summed E-state index contributed by atoms with van der Waals surface area (Å²) in [6.45, 7) is 0. The second kappa shape index (κ2) is 2.76. The number of carbonyl (C=O) groups excluding carboxylic acids is 1. The number of rotatable bonds is 1. The van der Waals surface area contributed by atoms with Crippen molar-refractivity contribution in [2.24, 2.45) is 0 Å². The van der Waals surface area contributed by atoms with E-state index in [1.807, 2.05) is 0 Å². The molecule has 0 bridgehead atoms. The van der Waals surface area contributed by atoms with Gasteiger partial charge < -0.3 is 9.84 Å². The van der Waals surface area contributed by atoms with E-state index in [4.69, 9.17) is 4.74 Å². The molecule has 2 rings (SSSR count). The topological polar surface area (TPSA) is 46.5 Å². The molecule has 0 fully saturated rings. The van der Waals surface area contributed by atoms with E-state index in [9.17, 15) is 9.90 Å². The molecule has 1 aromatic carbocycles. The molecule has 1 aliphatic rings. The Morgan fingerprint density at radius 2 is 2.15 bits per heavy atom. The van der Waals surface area contributed by atoms with Gasteiger partial charge in [0.15, 0.2) is 5.78 Å². The fourth-order valence-electron chi connectivity index (χ4n) is 1.70. The van der Waals surface area contributed by atoms with Gasteiger partial charge in [0, 0.05) is 12.5 Å². The zero-order valence-corrected chi connectivity index (χ0v) is 7.33. The van der Waals surface area contributed by atoms with Crippen LogP contribution in [0.4, 0.5) is 0 Å². The van der Waals surface area contributed by atoms with E-state index >= 15 is 0 Å². The Morgan fingerprint density at radius 1 is 1.38 bits per heavy atom. The highest BCUT2D eigenvalue weighted by atomic mass is 16.5. The van der Waals surface area contributed by atoms with Gasteiger partial charge in [-0.25, -0.2) is 0 Å². The number of aromatic hydroxyl groups is 1. The van der Waals surface area contributed by atoms with Crippen molar-refractivity contribution in [1.82, 2.24) is 0 Å². The Bertz CT molecular complexity index is 369. The van der Waals surface area contributed by atoms with Crippen LogP contribution >= 0.6 is 0 Å². The van der Waals surface area contributed by atoms with E-state index in [1.54, 1.807) is 6.07 Å². The van der Waals surface area contributed by atoms with Crippen molar-refractivity contribution in [3.63, 3.8) is 0 Å². The standard InChI is InChI=1S/C10H10O3/c1-13-9-5-7(11)4-6-2-3-8(12)10(6)9/h4-5,11H,2-3H2,1H3. The summed E-state index contributed by atoms with van der Waals surface area (Å²) >= 11 is 0. The number of benzene rings is 1. The highest BCUT2D eigenvalue weighted by molar-refractivity contribution is 6.03. The Hall–Kier alpha value is -1.51. The van der Waals surface area contributed by atoms with Gasteiger partial charge in [-0.2, -0.15) is 0 Å². The summed E-state index contributed by atoms with van der Waals surface area (Å²) in [5.41, 5.74) is 1.53. The largest absolute Gasteiger partial charge is 0.508 e. The van der Waals surface area contributed by atoms with E-state index in [-0.39, 0.29) is 11.5 Å². The van der Waals surface area contributed by atoms with Gasteiger partial charge in [-0.1, -0.05) is 0 Å². The fraction of sp³-hybridized carbons (Fsp3) is 0.300. The van der Waals surface area contributed by atoms with Gasteiger partial charge in [0.2, 0.25) is 0 Å². The van der Waals surface area contributed by atoms with Crippen LogP contribution in [0.2, 0.25) is 0 Å². The van der Waals surface area contributed by atoms with Crippen LogP contribution in [0.3, 0.4) is 0 Å². The number of phenols is 1. The molecular formula is C10H10O3. The number of hydrogen-bond donors (Lipinski definition) is 1. The predicted octanol–water partition coefficient (Wildman–Crippen LogP) is 1.53. The third kappa shape index (κ3) is 1.16. The highest BCUT2D eigenvalue weighted by Gasteiger charge is 2.24. The number of phenolic OH excluding ortho intramolecular Hbond substituents is 1. The first-order valence-corrected chi connectivity index (χ1v) is 4.15. The molecule has 1 N–H and O–H groups in total. The van der Waals surface area contributed by atoms with Crippen LogP contribution in [0.5, 0.6) is 11.5 Å². The lowest BCUT2D eigenvalue weighted by molar-refractivity contribution is 0.0992. The molecule has 13 heavy (non-hydrogen) atoms. The molecule has 0 atom stereocenters. The van der Waals surface area contributed by atoms with Crippen LogP contribution < -0.4 is 4.74 Å². The Morgan fingerprint density at radius 3 is 2.85 bits per heavy atom. The summed E-state index contributed by atoms with van der Waals surface area (Å²) in [6.07, 6.45) is 1.23. The molecule has 3 heteroatoms. The van der Waals surface area contributed by atoms with E-state index in [0.29, 0.717) is 24.2 Å². The molecule has 0 saturated heterocycles. The van der Waals surface area contributed by atoms with Crippen molar-refractivity contribution in [2.75, 3.05) is 7.11 Å². The average molecular weight is 178 g/mol. The molecule has 0 aromatic heterocycles. The van der Waals surface area contributed by atoms with Crippen LogP contribution in [0.1, 0.15) is 22.3 Å². The lowest BCUT2D eigenvalue weighted by Gasteiger charge is -2.06. The summed E-state index contributed by atoms with van der Waals surface area (Å²) in [5, 5.41) is 9.30. The van der Waals surface area contributed by atoms with Crippen molar-refractivity contribution < 1.29 is 14.6 Å². The zero-order valence-electron chi connectivity index (χ0n) is 7.33. The average Bonchev–Trinajstić information content (AvgIpc) is 2.46. The van der Waals surface area contributed by atoms with Crippen molar-refractivity contribution in [3.05, 3.63) is 23.3 Å². The number of ketones is 1. The van der Waals surface area contributed by atoms with Gasteiger partial charge >= 0.3 is 0 Å². The lowest BCUT2D eigenvalue weighted by Crippen LogP contribution is -1.96. The number of aryl methyl sites for hydroxylation is 1. The van der Waals surface area contributed by atoms with Crippen molar-refractivity contribution >= 4 is 5.78 Å². The number of carbonyl (C=O) groups is 1. The summed E-state index contributed by atoms with van der Waals surface area (Å²) in [7, 11) is 1.50. The SMILES string of the molecule is COc1cc(O)cc2c1C(=O)CC2. The number of fused-ring (bicyclic) bond motifs is 1. The number of Topliss-reactive ketones (excluding diaryl/α,β-unsaturated/α-hetero) is 1. The molecule has 1 aliphatic carbocycles. The molecule has 0 radical (unpaired) electrons. The molecule has 0 unspecified atom stereocenters. The maximum atomic E-state index is 11.4. The molecule has 68 valence electrons.